The normalized spacial score (nSPS) is 11.3. The largest absolute Gasteiger partial charge is 0.309 e. The molecule has 9 rings (SSSR count). The fourth-order valence-electron chi connectivity index (χ4n) is 7.24. The first kappa shape index (κ1) is 30.5. The number of nitrogens with zero attached hydrogens (tertiary/aromatic N) is 3. The van der Waals surface area contributed by atoms with Crippen molar-refractivity contribution in [3.8, 4) is 61.8 Å². The Hall–Kier alpha value is -6.58. The van der Waals surface area contributed by atoms with E-state index in [1.807, 2.05) is 36.4 Å². The Morgan fingerprint density at radius 2 is 0.922 bits per heavy atom. The molecule has 0 atom stereocenters. The molecule has 0 bridgehead atoms. The number of para-hydroxylation sites is 1. The van der Waals surface area contributed by atoms with Crippen molar-refractivity contribution in [1.82, 2.24) is 14.5 Å². The standard InChI is InChI=1S/C48H35N3/c1-32-13-9-10-18-40(32)43-29-37(22-21-33(43)2)38-25-28-42-41-19-11-12-20-46(41)51(47(42)30-38)39-26-23-35(24-27-39)45-31-44(34-14-5-3-6-15-34)49-48(50-45)36-16-7-4-8-17-36/h3-31H,1-2H3. The minimum Gasteiger partial charge on any atom is -0.309 e. The number of hydrogen-bond acceptors (Lipinski definition) is 2. The maximum Gasteiger partial charge on any atom is 0.160 e. The van der Waals surface area contributed by atoms with Crippen molar-refractivity contribution in [1.29, 1.82) is 0 Å². The van der Waals surface area contributed by atoms with Gasteiger partial charge in [0.1, 0.15) is 0 Å². The van der Waals surface area contributed by atoms with Gasteiger partial charge in [-0.15, -0.1) is 0 Å². The minimum absolute atomic E-state index is 0.715. The van der Waals surface area contributed by atoms with Gasteiger partial charge in [-0.25, -0.2) is 9.97 Å². The first-order chi connectivity index (χ1) is 25.1. The summed E-state index contributed by atoms with van der Waals surface area (Å²) in [5.74, 6) is 0.715. The van der Waals surface area contributed by atoms with Crippen LogP contribution in [0.25, 0.3) is 83.6 Å². The smallest absolute Gasteiger partial charge is 0.160 e. The van der Waals surface area contributed by atoms with Gasteiger partial charge < -0.3 is 4.57 Å². The molecule has 0 unspecified atom stereocenters. The third-order valence-electron chi connectivity index (χ3n) is 9.93. The molecule has 0 saturated carbocycles. The topological polar surface area (TPSA) is 30.7 Å². The fourth-order valence-corrected chi connectivity index (χ4v) is 7.24. The van der Waals surface area contributed by atoms with Gasteiger partial charge in [0.25, 0.3) is 0 Å². The lowest BCUT2D eigenvalue weighted by Gasteiger charge is -2.13. The van der Waals surface area contributed by atoms with Crippen LogP contribution >= 0.6 is 0 Å². The molecule has 0 N–H and O–H groups in total. The molecule has 3 nitrogen and oxygen atoms in total. The molecule has 242 valence electrons. The molecule has 9 aromatic rings. The number of aromatic nitrogens is 3. The maximum atomic E-state index is 5.06. The maximum absolute atomic E-state index is 5.06. The zero-order chi connectivity index (χ0) is 34.3. The Labute approximate surface area is 298 Å². The molecule has 0 aliphatic heterocycles. The fraction of sp³-hybridized carbons (Fsp3) is 0.0417. The van der Waals surface area contributed by atoms with Crippen LogP contribution in [0.1, 0.15) is 11.1 Å². The van der Waals surface area contributed by atoms with E-state index >= 15 is 0 Å². The zero-order valence-corrected chi connectivity index (χ0v) is 28.6. The van der Waals surface area contributed by atoms with Crippen molar-refractivity contribution in [3.63, 3.8) is 0 Å². The van der Waals surface area contributed by atoms with Gasteiger partial charge in [0, 0.05) is 33.2 Å². The van der Waals surface area contributed by atoms with Gasteiger partial charge in [-0.1, -0.05) is 140 Å². The van der Waals surface area contributed by atoms with Crippen LogP contribution in [0.5, 0.6) is 0 Å². The van der Waals surface area contributed by atoms with Crippen molar-refractivity contribution in [2.45, 2.75) is 13.8 Å². The first-order valence-corrected chi connectivity index (χ1v) is 17.4. The summed E-state index contributed by atoms with van der Waals surface area (Å²) in [4.78, 5) is 10.0. The van der Waals surface area contributed by atoms with Crippen LogP contribution in [0.15, 0.2) is 176 Å². The van der Waals surface area contributed by atoms with Gasteiger partial charge in [0.05, 0.1) is 22.4 Å². The van der Waals surface area contributed by atoms with Crippen molar-refractivity contribution in [2.24, 2.45) is 0 Å². The molecule has 7 aromatic carbocycles. The van der Waals surface area contributed by atoms with E-state index in [0.29, 0.717) is 5.82 Å². The quantitative estimate of drug-likeness (QED) is 0.179. The summed E-state index contributed by atoms with van der Waals surface area (Å²) in [6, 6.07) is 62.5. The van der Waals surface area contributed by atoms with Crippen LogP contribution in [-0.4, -0.2) is 14.5 Å². The summed E-state index contributed by atoms with van der Waals surface area (Å²) in [6.07, 6.45) is 0. The highest BCUT2D eigenvalue weighted by Crippen LogP contribution is 2.37. The molecule has 3 heteroatoms. The molecule has 0 fully saturated rings. The molecule has 51 heavy (non-hydrogen) atoms. The molecular weight excluding hydrogens is 619 g/mol. The summed E-state index contributed by atoms with van der Waals surface area (Å²) in [6.45, 7) is 4.38. The van der Waals surface area contributed by atoms with E-state index in [2.05, 4.69) is 158 Å². The highest BCUT2D eigenvalue weighted by Gasteiger charge is 2.16. The Kier molecular flexibility index (Phi) is 7.59. The number of benzene rings is 7. The predicted molar refractivity (Wildman–Crippen MR) is 213 cm³/mol. The van der Waals surface area contributed by atoms with E-state index in [-0.39, 0.29) is 0 Å². The predicted octanol–water partition coefficient (Wildman–Crippen LogP) is 12.5. The highest BCUT2D eigenvalue weighted by atomic mass is 15.0. The van der Waals surface area contributed by atoms with Gasteiger partial charge in [-0.2, -0.15) is 0 Å². The third-order valence-corrected chi connectivity index (χ3v) is 9.93. The van der Waals surface area contributed by atoms with Crippen molar-refractivity contribution in [2.75, 3.05) is 0 Å². The first-order valence-electron chi connectivity index (χ1n) is 17.4. The van der Waals surface area contributed by atoms with Crippen LogP contribution in [0.4, 0.5) is 0 Å². The molecule has 0 radical (unpaired) electrons. The molecule has 2 heterocycles. The number of hydrogen-bond donors (Lipinski definition) is 0. The summed E-state index contributed by atoms with van der Waals surface area (Å²) in [5, 5.41) is 2.48. The molecule has 0 aliphatic rings. The number of rotatable bonds is 6. The van der Waals surface area contributed by atoms with Gasteiger partial charge in [0.2, 0.25) is 0 Å². The average Bonchev–Trinajstić information content (AvgIpc) is 3.52. The van der Waals surface area contributed by atoms with E-state index in [1.54, 1.807) is 0 Å². The van der Waals surface area contributed by atoms with Crippen molar-refractivity contribution in [3.05, 3.63) is 187 Å². The third kappa shape index (κ3) is 5.59. The van der Waals surface area contributed by atoms with Crippen LogP contribution in [-0.2, 0) is 0 Å². The summed E-state index contributed by atoms with van der Waals surface area (Å²) in [5.41, 5.74) is 15.9. The molecule has 0 aliphatic carbocycles. The van der Waals surface area contributed by atoms with Crippen LogP contribution in [0.3, 0.4) is 0 Å². The molecule has 0 amide bonds. The highest BCUT2D eigenvalue weighted by molar-refractivity contribution is 6.10. The average molecular weight is 654 g/mol. The van der Waals surface area contributed by atoms with E-state index in [0.717, 1.165) is 33.8 Å². The number of fused-ring (bicyclic) bond motifs is 3. The monoisotopic (exact) mass is 653 g/mol. The van der Waals surface area contributed by atoms with Crippen LogP contribution < -0.4 is 0 Å². The Morgan fingerprint density at radius 1 is 0.373 bits per heavy atom. The van der Waals surface area contributed by atoms with Crippen LogP contribution in [0.2, 0.25) is 0 Å². The van der Waals surface area contributed by atoms with E-state index in [9.17, 15) is 0 Å². The lowest BCUT2D eigenvalue weighted by Crippen LogP contribution is -1.97. The zero-order valence-electron chi connectivity index (χ0n) is 28.6. The summed E-state index contributed by atoms with van der Waals surface area (Å²) >= 11 is 0. The van der Waals surface area contributed by atoms with Crippen molar-refractivity contribution >= 4 is 21.8 Å². The Morgan fingerprint density at radius 3 is 1.67 bits per heavy atom. The minimum atomic E-state index is 0.715. The summed E-state index contributed by atoms with van der Waals surface area (Å²) < 4.78 is 2.39. The van der Waals surface area contributed by atoms with Gasteiger partial charge in [0.15, 0.2) is 5.82 Å². The lowest BCUT2D eigenvalue weighted by atomic mass is 9.92. The second kappa shape index (κ2) is 12.7. The van der Waals surface area contributed by atoms with E-state index in [1.165, 1.54) is 55.2 Å². The Bertz CT molecular complexity index is 2630. The second-order valence-electron chi connectivity index (χ2n) is 13.2. The van der Waals surface area contributed by atoms with E-state index < -0.39 is 0 Å². The SMILES string of the molecule is Cc1ccccc1-c1cc(-c2ccc3c4ccccc4n(-c4ccc(-c5cc(-c6ccccc6)nc(-c6ccccc6)n5)cc4)c3c2)ccc1C. The molecular formula is C48H35N3. The van der Waals surface area contributed by atoms with Gasteiger partial charge in [-0.3, -0.25) is 0 Å². The molecule has 0 spiro atoms. The van der Waals surface area contributed by atoms with E-state index in [4.69, 9.17) is 9.97 Å². The van der Waals surface area contributed by atoms with Gasteiger partial charge >= 0.3 is 0 Å². The second-order valence-corrected chi connectivity index (χ2v) is 13.2. The van der Waals surface area contributed by atoms with Crippen LogP contribution in [0, 0.1) is 13.8 Å². The number of aryl methyl sites for hydroxylation is 2. The van der Waals surface area contributed by atoms with Crippen molar-refractivity contribution < 1.29 is 0 Å². The molecule has 2 aromatic heterocycles. The molecule has 0 saturated heterocycles. The van der Waals surface area contributed by atoms with Gasteiger partial charge in [-0.05, 0) is 83.6 Å². The summed E-state index contributed by atoms with van der Waals surface area (Å²) in [7, 11) is 0. The lowest BCUT2D eigenvalue weighted by molar-refractivity contribution is 1.17. The Balaban J connectivity index is 1.16.